The first-order valence-corrected chi connectivity index (χ1v) is 4.75. The van der Waals surface area contributed by atoms with Crippen LogP contribution in [-0.2, 0) is 4.79 Å². The summed E-state index contributed by atoms with van der Waals surface area (Å²) in [6, 6.07) is 5.55. The number of hydrogen-bond donors (Lipinski definition) is 2. The molecule has 3 nitrogen and oxygen atoms in total. The van der Waals surface area contributed by atoms with Crippen LogP contribution in [0.15, 0.2) is 24.3 Å². The lowest BCUT2D eigenvalue weighted by Gasteiger charge is -2.09. The third kappa shape index (κ3) is 4.08. The van der Waals surface area contributed by atoms with Gasteiger partial charge in [0.05, 0.1) is 6.10 Å². The number of carboxylic acid groups (broad SMARTS) is 1. The van der Waals surface area contributed by atoms with Crippen molar-refractivity contribution in [1.29, 1.82) is 0 Å². The molecule has 1 aromatic carbocycles. The highest BCUT2D eigenvalue weighted by Gasteiger charge is 2.08. The SMILES string of the molecule is O=C(O)CCC[C@@H](O)c1ccc(F)cc1. The lowest BCUT2D eigenvalue weighted by Crippen LogP contribution is -2.00. The third-order valence-corrected chi connectivity index (χ3v) is 2.12. The summed E-state index contributed by atoms with van der Waals surface area (Å²) in [5, 5.41) is 18.0. The number of halogens is 1. The van der Waals surface area contributed by atoms with Crippen LogP contribution in [0.1, 0.15) is 30.9 Å². The summed E-state index contributed by atoms with van der Waals surface area (Å²) in [4.78, 5) is 10.2. The van der Waals surface area contributed by atoms with Gasteiger partial charge in [-0.15, -0.1) is 0 Å². The molecular formula is C11H13FO3. The van der Waals surface area contributed by atoms with E-state index in [1.165, 1.54) is 24.3 Å². The first kappa shape index (κ1) is 11.7. The molecule has 2 N–H and O–H groups in total. The maximum atomic E-state index is 12.5. The number of aliphatic hydroxyl groups is 1. The summed E-state index contributed by atoms with van der Waals surface area (Å²) in [5.41, 5.74) is 0.613. The fraction of sp³-hybridized carbons (Fsp3) is 0.364. The first-order chi connectivity index (χ1) is 7.09. The molecule has 0 aromatic heterocycles. The highest BCUT2D eigenvalue weighted by Crippen LogP contribution is 2.19. The van der Waals surface area contributed by atoms with Crippen molar-refractivity contribution in [2.75, 3.05) is 0 Å². The number of carbonyl (C=O) groups is 1. The Bertz CT molecular complexity index is 321. The van der Waals surface area contributed by atoms with E-state index in [4.69, 9.17) is 5.11 Å². The van der Waals surface area contributed by atoms with Crippen molar-refractivity contribution in [3.63, 3.8) is 0 Å². The van der Waals surface area contributed by atoms with Crippen LogP contribution in [0.4, 0.5) is 4.39 Å². The molecule has 4 heteroatoms. The van der Waals surface area contributed by atoms with Gasteiger partial charge in [-0.1, -0.05) is 12.1 Å². The van der Waals surface area contributed by atoms with Gasteiger partial charge in [-0.25, -0.2) is 4.39 Å². The van der Waals surface area contributed by atoms with Crippen molar-refractivity contribution in [3.05, 3.63) is 35.6 Å². The molecule has 0 spiro atoms. The molecule has 0 aliphatic carbocycles. The van der Waals surface area contributed by atoms with Crippen LogP contribution in [0.25, 0.3) is 0 Å². The molecule has 0 heterocycles. The first-order valence-electron chi connectivity index (χ1n) is 4.75. The standard InChI is InChI=1S/C11H13FO3/c12-9-6-4-8(5-7-9)10(13)2-1-3-11(14)15/h4-7,10,13H,1-3H2,(H,14,15)/t10-/m1/s1. The Hall–Kier alpha value is -1.42. The highest BCUT2D eigenvalue weighted by atomic mass is 19.1. The predicted octanol–water partition coefficient (Wildman–Crippen LogP) is 2.11. The average molecular weight is 212 g/mol. The molecule has 1 aromatic rings. The van der Waals surface area contributed by atoms with Gasteiger partial charge in [-0.05, 0) is 30.5 Å². The molecule has 1 atom stereocenters. The summed E-state index contributed by atoms with van der Waals surface area (Å²) in [6.45, 7) is 0. The fourth-order valence-corrected chi connectivity index (χ4v) is 1.30. The van der Waals surface area contributed by atoms with Crippen LogP contribution in [0, 0.1) is 5.82 Å². The van der Waals surface area contributed by atoms with Crippen LogP contribution in [0.2, 0.25) is 0 Å². The number of hydrogen-bond acceptors (Lipinski definition) is 2. The van der Waals surface area contributed by atoms with Gasteiger partial charge in [0.15, 0.2) is 0 Å². The average Bonchev–Trinajstić information content (AvgIpc) is 2.18. The van der Waals surface area contributed by atoms with Crippen molar-refractivity contribution in [2.24, 2.45) is 0 Å². The van der Waals surface area contributed by atoms with Crippen molar-refractivity contribution >= 4 is 5.97 Å². The molecule has 0 saturated carbocycles. The smallest absolute Gasteiger partial charge is 0.303 e. The molecule has 0 aliphatic heterocycles. The van der Waals surface area contributed by atoms with Gasteiger partial charge in [-0.3, -0.25) is 4.79 Å². The highest BCUT2D eigenvalue weighted by molar-refractivity contribution is 5.66. The quantitative estimate of drug-likeness (QED) is 0.785. The maximum absolute atomic E-state index is 12.5. The lowest BCUT2D eigenvalue weighted by molar-refractivity contribution is -0.137. The third-order valence-electron chi connectivity index (χ3n) is 2.12. The second-order valence-corrected chi connectivity index (χ2v) is 3.35. The van der Waals surface area contributed by atoms with Crippen LogP contribution >= 0.6 is 0 Å². The Morgan fingerprint density at radius 3 is 2.47 bits per heavy atom. The van der Waals surface area contributed by atoms with Gasteiger partial charge in [0, 0.05) is 6.42 Å². The van der Waals surface area contributed by atoms with Crippen LogP contribution in [0.5, 0.6) is 0 Å². The second-order valence-electron chi connectivity index (χ2n) is 3.35. The summed E-state index contributed by atoms with van der Waals surface area (Å²) in [6.07, 6.45) is 0.106. The van der Waals surface area contributed by atoms with E-state index >= 15 is 0 Å². The summed E-state index contributed by atoms with van der Waals surface area (Å²) >= 11 is 0. The van der Waals surface area contributed by atoms with Crippen LogP contribution in [-0.4, -0.2) is 16.2 Å². The Morgan fingerprint density at radius 1 is 1.33 bits per heavy atom. The van der Waals surface area contributed by atoms with Crippen molar-refractivity contribution in [2.45, 2.75) is 25.4 Å². The normalized spacial score (nSPS) is 12.4. The van der Waals surface area contributed by atoms with Gasteiger partial charge in [0.1, 0.15) is 5.82 Å². The van der Waals surface area contributed by atoms with Crippen molar-refractivity contribution in [3.8, 4) is 0 Å². The maximum Gasteiger partial charge on any atom is 0.303 e. The number of aliphatic carboxylic acids is 1. The summed E-state index contributed by atoms with van der Waals surface area (Å²) in [7, 11) is 0. The van der Waals surface area contributed by atoms with E-state index in [-0.39, 0.29) is 12.2 Å². The zero-order valence-electron chi connectivity index (χ0n) is 8.19. The number of carboxylic acids is 1. The molecule has 0 unspecified atom stereocenters. The van der Waals surface area contributed by atoms with E-state index in [1.54, 1.807) is 0 Å². The van der Waals surface area contributed by atoms with Gasteiger partial charge in [-0.2, -0.15) is 0 Å². The van der Waals surface area contributed by atoms with Crippen LogP contribution in [0.3, 0.4) is 0 Å². The monoisotopic (exact) mass is 212 g/mol. The number of rotatable bonds is 5. The molecule has 15 heavy (non-hydrogen) atoms. The molecular weight excluding hydrogens is 199 g/mol. The number of aliphatic hydroxyl groups excluding tert-OH is 1. The van der Waals surface area contributed by atoms with Crippen molar-refractivity contribution in [1.82, 2.24) is 0 Å². The minimum Gasteiger partial charge on any atom is -0.481 e. The zero-order chi connectivity index (χ0) is 11.3. The summed E-state index contributed by atoms with van der Waals surface area (Å²) < 4.78 is 12.5. The molecule has 82 valence electrons. The second kappa shape index (κ2) is 5.46. The molecule has 0 amide bonds. The molecule has 0 bridgehead atoms. The van der Waals surface area contributed by atoms with E-state index in [9.17, 15) is 14.3 Å². The molecule has 0 radical (unpaired) electrons. The Labute approximate surface area is 87.2 Å². The Morgan fingerprint density at radius 2 is 1.93 bits per heavy atom. The van der Waals surface area contributed by atoms with Gasteiger partial charge >= 0.3 is 5.97 Å². The predicted molar refractivity (Wildman–Crippen MR) is 52.8 cm³/mol. The van der Waals surface area contributed by atoms with Crippen LogP contribution < -0.4 is 0 Å². The van der Waals surface area contributed by atoms with Gasteiger partial charge < -0.3 is 10.2 Å². The van der Waals surface area contributed by atoms with E-state index in [1.807, 2.05) is 0 Å². The largest absolute Gasteiger partial charge is 0.481 e. The van der Waals surface area contributed by atoms with E-state index in [2.05, 4.69) is 0 Å². The lowest BCUT2D eigenvalue weighted by atomic mass is 10.0. The molecule has 1 rings (SSSR count). The van der Waals surface area contributed by atoms with Crippen molar-refractivity contribution < 1.29 is 19.4 Å². The minimum atomic E-state index is -0.874. The van der Waals surface area contributed by atoms with E-state index < -0.39 is 12.1 Å². The Kier molecular flexibility index (Phi) is 4.24. The number of benzene rings is 1. The summed E-state index contributed by atoms with van der Waals surface area (Å²) in [5.74, 6) is -1.22. The van der Waals surface area contributed by atoms with Gasteiger partial charge in [0.25, 0.3) is 0 Å². The van der Waals surface area contributed by atoms with E-state index in [0.717, 1.165) is 0 Å². The fourth-order valence-electron chi connectivity index (χ4n) is 1.30. The minimum absolute atomic E-state index is 0.0399. The molecule has 0 fully saturated rings. The molecule has 0 saturated heterocycles. The van der Waals surface area contributed by atoms with E-state index in [0.29, 0.717) is 18.4 Å². The Balaban J connectivity index is 2.43. The molecule has 0 aliphatic rings. The van der Waals surface area contributed by atoms with Gasteiger partial charge in [0.2, 0.25) is 0 Å². The topological polar surface area (TPSA) is 57.5 Å². The zero-order valence-corrected chi connectivity index (χ0v) is 8.19.